The summed E-state index contributed by atoms with van der Waals surface area (Å²) in [6.07, 6.45) is -1.54. The number of nitrogens with zero attached hydrogens (tertiary/aromatic N) is 3. The van der Waals surface area contributed by atoms with Gasteiger partial charge in [-0.1, -0.05) is 6.07 Å². The Balaban J connectivity index is 1.70. The molecule has 1 saturated heterocycles. The third kappa shape index (κ3) is 19.3. The van der Waals surface area contributed by atoms with Crippen molar-refractivity contribution in [2.24, 2.45) is 4.99 Å². The molecule has 64 heavy (non-hydrogen) atoms. The van der Waals surface area contributed by atoms with Gasteiger partial charge in [-0.3, -0.25) is 19.2 Å². The molecule has 352 valence electrons. The second-order valence-corrected chi connectivity index (χ2v) is 18.8. The molecular weight excluding hydrogens is 831 g/mol. The highest BCUT2D eigenvalue weighted by Gasteiger charge is 2.37. The fraction of sp³-hybridized carbons (Fsp3) is 0.556. The highest BCUT2D eigenvalue weighted by molar-refractivity contribution is 6.04. The lowest BCUT2D eigenvalue weighted by Crippen LogP contribution is -2.56. The average Bonchev–Trinajstić information content (AvgIpc) is 3.14. The minimum atomic E-state index is -1.39. The number of hydrogen-bond donors (Lipinski definition) is 4. The highest BCUT2D eigenvalue weighted by Crippen LogP contribution is 2.23. The summed E-state index contributed by atoms with van der Waals surface area (Å²) in [5.74, 6) is -2.46. The first-order valence-electron chi connectivity index (χ1n) is 21.1. The van der Waals surface area contributed by atoms with Gasteiger partial charge in [-0.05, 0) is 138 Å². The summed E-state index contributed by atoms with van der Waals surface area (Å²) >= 11 is 0. The number of benzene rings is 2. The van der Waals surface area contributed by atoms with Gasteiger partial charge in [-0.25, -0.2) is 29.2 Å². The van der Waals surface area contributed by atoms with Crippen LogP contribution in [0, 0.1) is 0 Å². The van der Waals surface area contributed by atoms with Crippen molar-refractivity contribution in [3.63, 3.8) is 0 Å². The van der Waals surface area contributed by atoms with Gasteiger partial charge in [-0.2, -0.15) is 0 Å². The lowest BCUT2D eigenvalue weighted by molar-refractivity contribution is -0.156. The molecule has 1 aliphatic rings. The molecule has 0 spiro atoms. The molecule has 1 atom stereocenters. The van der Waals surface area contributed by atoms with Crippen LogP contribution in [0.1, 0.15) is 113 Å². The molecule has 1 fully saturated rings. The summed E-state index contributed by atoms with van der Waals surface area (Å²) in [4.78, 5) is 98.3. The fourth-order valence-electron chi connectivity index (χ4n) is 5.56. The number of ether oxygens (including phenoxy) is 5. The minimum absolute atomic E-state index is 0.0492. The Morgan fingerprint density at radius 3 is 1.81 bits per heavy atom. The van der Waals surface area contributed by atoms with Gasteiger partial charge in [0.25, 0.3) is 5.91 Å². The molecule has 19 heteroatoms. The van der Waals surface area contributed by atoms with Crippen LogP contribution in [-0.2, 0) is 33.3 Å². The van der Waals surface area contributed by atoms with E-state index in [0.717, 1.165) is 0 Å². The van der Waals surface area contributed by atoms with Crippen molar-refractivity contribution in [1.82, 2.24) is 25.8 Å². The number of guanidine groups is 1. The van der Waals surface area contributed by atoms with Crippen LogP contribution in [0.2, 0.25) is 0 Å². The molecule has 2 aromatic carbocycles. The van der Waals surface area contributed by atoms with Crippen LogP contribution in [0.25, 0.3) is 0 Å². The van der Waals surface area contributed by atoms with Crippen LogP contribution in [0.15, 0.2) is 53.5 Å². The second-order valence-electron chi connectivity index (χ2n) is 18.8. The number of hydrogen-bond acceptors (Lipinski definition) is 13. The van der Waals surface area contributed by atoms with Gasteiger partial charge in [0.15, 0.2) is 0 Å². The SMILES string of the molecule is CC(C)(C)OC(=O)CC(NC(=O)CNC(=O)c1cccc(N=C2N(C(=O)OC(C)(C)C)CCCN2C(=O)OC(C)(C)C)c1)C(=O)Nc1ccc(OCCCNC(=O)OC(C)(C)C)cc1. The number of carbonyl (C=O) groups is 7. The number of esters is 1. The summed E-state index contributed by atoms with van der Waals surface area (Å²) in [7, 11) is 0. The van der Waals surface area contributed by atoms with Crippen molar-refractivity contribution in [1.29, 1.82) is 0 Å². The zero-order valence-electron chi connectivity index (χ0n) is 39.1. The van der Waals surface area contributed by atoms with E-state index in [4.69, 9.17) is 23.7 Å². The molecule has 1 heterocycles. The summed E-state index contributed by atoms with van der Waals surface area (Å²) in [5.41, 5.74) is -2.50. The van der Waals surface area contributed by atoms with Crippen LogP contribution in [0.5, 0.6) is 5.75 Å². The number of carbonyl (C=O) groups excluding carboxylic acids is 7. The van der Waals surface area contributed by atoms with Crippen LogP contribution >= 0.6 is 0 Å². The largest absolute Gasteiger partial charge is 0.494 e. The highest BCUT2D eigenvalue weighted by atomic mass is 16.6. The van der Waals surface area contributed by atoms with Gasteiger partial charge in [0.05, 0.1) is 25.3 Å². The van der Waals surface area contributed by atoms with E-state index in [2.05, 4.69) is 26.3 Å². The quantitative estimate of drug-likeness (QED) is 0.0913. The molecular formula is C45H65N7O12. The van der Waals surface area contributed by atoms with Gasteiger partial charge >= 0.3 is 24.2 Å². The number of alkyl carbamates (subject to hydrolysis) is 1. The Kier molecular flexibility index (Phi) is 18.1. The van der Waals surface area contributed by atoms with E-state index in [-0.39, 0.29) is 30.3 Å². The molecule has 1 aliphatic heterocycles. The van der Waals surface area contributed by atoms with E-state index in [1.807, 2.05) is 0 Å². The molecule has 1 unspecified atom stereocenters. The zero-order chi connectivity index (χ0) is 48.0. The normalized spacial score (nSPS) is 13.7. The second kappa shape index (κ2) is 22.3. The molecule has 0 aliphatic carbocycles. The van der Waals surface area contributed by atoms with Gasteiger partial charge in [0.1, 0.15) is 34.2 Å². The third-order valence-corrected chi connectivity index (χ3v) is 8.04. The monoisotopic (exact) mass is 895 g/mol. The molecule has 3 rings (SSSR count). The number of anilines is 1. The van der Waals surface area contributed by atoms with Gasteiger partial charge in [-0.15, -0.1) is 0 Å². The van der Waals surface area contributed by atoms with Crippen LogP contribution in [0.4, 0.5) is 25.8 Å². The lowest BCUT2D eigenvalue weighted by atomic mass is 10.1. The average molecular weight is 896 g/mol. The first kappa shape index (κ1) is 51.9. The Labute approximate surface area is 375 Å². The van der Waals surface area contributed by atoms with E-state index >= 15 is 0 Å². The summed E-state index contributed by atoms with van der Waals surface area (Å²) in [6.45, 7) is 21.1. The van der Waals surface area contributed by atoms with E-state index in [1.54, 1.807) is 119 Å². The van der Waals surface area contributed by atoms with Gasteiger partial charge in [0, 0.05) is 30.9 Å². The van der Waals surface area contributed by atoms with E-state index in [9.17, 15) is 33.6 Å². The Morgan fingerprint density at radius 1 is 0.703 bits per heavy atom. The fourth-order valence-corrected chi connectivity index (χ4v) is 5.56. The Bertz CT molecular complexity index is 1970. The number of rotatable bonds is 14. The van der Waals surface area contributed by atoms with E-state index in [1.165, 1.54) is 21.9 Å². The molecule has 0 radical (unpaired) electrons. The summed E-state index contributed by atoms with van der Waals surface area (Å²) in [6, 6.07) is 11.0. The number of nitrogens with one attached hydrogen (secondary N) is 4. The van der Waals surface area contributed by atoms with Crippen molar-refractivity contribution < 1.29 is 57.2 Å². The topological polar surface area (TPSA) is 233 Å². The maximum Gasteiger partial charge on any atom is 0.417 e. The Morgan fingerprint density at radius 2 is 1.27 bits per heavy atom. The molecule has 2 aromatic rings. The molecule has 0 saturated carbocycles. The molecule has 0 bridgehead atoms. The van der Waals surface area contributed by atoms with Crippen molar-refractivity contribution in [3.05, 3.63) is 54.1 Å². The predicted molar refractivity (Wildman–Crippen MR) is 238 cm³/mol. The van der Waals surface area contributed by atoms with Crippen molar-refractivity contribution >= 4 is 59.3 Å². The van der Waals surface area contributed by atoms with Crippen molar-refractivity contribution in [2.75, 3.05) is 38.1 Å². The first-order valence-corrected chi connectivity index (χ1v) is 21.1. The van der Waals surface area contributed by atoms with Crippen LogP contribution in [0.3, 0.4) is 0 Å². The number of amides is 6. The first-order chi connectivity index (χ1) is 29.6. The van der Waals surface area contributed by atoms with E-state index < -0.39 is 83.4 Å². The summed E-state index contributed by atoms with van der Waals surface area (Å²) < 4.78 is 27.5. The molecule has 6 amide bonds. The number of aliphatic imine (C=N–C) groups is 1. The summed E-state index contributed by atoms with van der Waals surface area (Å²) in [5, 5.41) is 10.4. The standard InChI is InChI=1S/C45H65N7O12/c1-42(2,3)61-35(54)27-33(37(56)48-30-18-20-32(21-19-30)60-25-14-22-46-39(57)62-43(4,5)6)50-34(53)28-47-36(55)29-16-13-17-31(26-29)49-38-51(40(58)63-44(7,8)9)23-15-24-52(38)41(59)64-45(10,11)12/h13,16-21,26,33H,14-15,22-25,27-28H2,1-12H3,(H,46,57)(H,47,55)(H,48,56)(H,50,53). The third-order valence-electron chi connectivity index (χ3n) is 8.04. The van der Waals surface area contributed by atoms with Crippen molar-refractivity contribution in [2.45, 2.75) is 131 Å². The van der Waals surface area contributed by atoms with E-state index in [0.29, 0.717) is 37.4 Å². The van der Waals surface area contributed by atoms with Crippen molar-refractivity contribution in [3.8, 4) is 5.75 Å². The van der Waals surface area contributed by atoms with Gasteiger partial charge < -0.3 is 45.0 Å². The van der Waals surface area contributed by atoms with Crippen LogP contribution < -0.4 is 26.0 Å². The molecule has 4 N–H and O–H groups in total. The maximum atomic E-state index is 13.5. The smallest absolute Gasteiger partial charge is 0.417 e. The zero-order valence-corrected chi connectivity index (χ0v) is 39.1. The van der Waals surface area contributed by atoms with Gasteiger partial charge in [0.2, 0.25) is 17.8 Å². The minimum Gasteiger partial charge on any atom is -0.494 e. The molecule has 0 aromatic heterocycles. The lowest BCUT2D eigenvalue weighted by Gasteiger charge is -2.37. The molecule has 19 nitrogen and oxygen atoms in total. The Hall–Kier alpha value is -6.40. The van der Waals surface area contributed by atoms with Crippen LogP contribution in [-0.4, -0.2) is 119 Å². The predicted octanol–water partition coefficient (Wildman–Crippen LogP) is 6.43. The maximum absolute atomic E-state index is 13.5.